The summed E-state index contributed by atoms with van der Waals surface area (Å²) in [5, 5.41) is 0.0834. The Kier molecular flexibility index (Phi) is 3.70. The van der Waals surface area contributed by atoms with Crippen LogP contribution in [0.25, 0.3) is 6.08 Å². The highest BCUT2D eigenvalue weighted by atomic mass is 35.5. The molecule has 4 rings (SSSR count). The normalized spacial score (nSPS) is 17.9. The minimum atomic E-state index is -0.370. The van der Waals surface area contributed by atoms with Crippen molar-refractivity contribution in [3.63, 3.8) is 0 Å². The number of fused-ring (bicyclic) bond motifs is 1. The Balaban J connectivity index is 1.70. The molecule has 120 valence electrons. The summed E-state index contributed by atoms with van der Waals surface area (Å²) in [6.45, 7) is 0.139. The van der Waals surface area contributed by atoms with Crippen molar-refractivity contribution in [2.24, 2.45) is 0 Å². The van der Waals surface area contributed by atoms with Crippen LogP contribution in [-0.2, 0) is 4.79 Å². The molecule has 2 aromatic rings. The molecule has 2 aliphatic heterocycles. The van der Waals surface area contributed by atoms with Gasteiger partial charge in [0.1, 0.15) is 0 Å². The van der Waals surface area contributed by atoms with Gasteiger partial charge in [-0.05, 0) is 41.6 Å². The summed E-state index contributed by atoms with van der Waals surface area (Å²) in [5.41, 5.74) is 1.14. The highest BCUT2D eigenvalue weighted by molar-refractivity contribution is 8.19. The van der Waals surface area contributed by atoms with E-state index in [-0.39, 0.29) is 17.9 Å². The van der Waals surface area contributed by atoms with Gasteiger partial charge in [-0.2, -0.15) is 0 Å². The van der Waals surface area contributed by atoms with Gasteiger partial charge in [-0.1, -0.05) is 29.8 Å². The average molecular weight is 360 g/mol. The molecule has 0 spiro atoms. The van der Waals surface area contributed by atoms with E-state index >= 15 is 0 Å². The fourth-order valence-corrected chi connectivity index (χ4v) is 3.49. The van der Waals surface area contributed by atoms with Crippen LogP contribution in [0.15, 0.2) is 47.4 Å². The maximum atomic E-state index is 12.6. The summed E-state index contributed by atoms with van der Waals surface area (Å²) in [4.78, 5) is 26.3. The number of imide groups is 1. The van der Waals surface area contributed by atoms with Gasteiger partial charge >= 0.3 is 0 Å². The van der Waals surface area contributed by atoms with Gasteiger partial charge in [-0.15, -0.1) is 0 Å². The van der Waals surface area contributed by atoms with E-state index < -0.39 is 0 Å². The molecule has 24 heavy (non-hydrogen) atoms. The average Bonchev–Trinajstić information content (AvgIpc) is 3.13. The minimum Gasteiger partial charge on any atom is -0.454 e. The van der Waals surface area contributed by atoms with E-state index in [4.69, 9.17) is 21.1 Å². The molecular weight excluding hydrogens is 350 g/mol. The SMILES string of the molecule is O=C1S/C(=C/c2cc3c(cc2Cl)OCO3)C(=O)N1c1ccccc1. The second kappa shape index (κ2) is 5.89. The number of hydrogen-bond donors (Lipinski definition) is 0. The topological polar surface area (TPSA) is 55.8 Å². The molecule has 1 saturated heterocycles. The number of hydrogen-bond acceptors (Lipinski definition) is 5. The van der Waals surface area contributed by atoms with E-state index in [1.54, 1.807) is 42.5 Å². The van der Waals surface area contributed by atoms with Crippen LogP contribution in [0.2, 0.25) is 5.02 Å². The lowest BCUT2D eigenvalue weighted by molar-refractivity contribution is -0.113. The number of ether oxygens (including phenoxy) is 2. The molecular formula is C17H10ClNO4S. The summed E-state index contributed by atoms with van der Waals surface area (Å²) >= 11 is 7.11. The van der Waals surface area contributed by atoms with Gasteiger partial charge in [0.05, 0.1) is 15.6 Å². The number of rotatable bonds is 2. The molecule has 5 nitrogen and oxygen atoms in total. The van der Waals surface area contributed by atoms with E-state index in [1.807, 2.05) is 6.07 Å². The largest absolute Gasteiger partial charge is 0.454 e. The van der Waals surface area contributed by atoms with Gasteiger partial charge in [0.25, 0.3) is 11.1 Å². The van der Waals surface area contributed by atoms with Gasteiger partial charge in [0.15, 0.2) is 11.5 Å². The number of carbonyl (C=O) groups is 2. The zero-order valence-electron chi connectivity index (χ0n) is 12.2. The summed E-state index contributed by atoms with van der Waals surface area (Å²) in [6.07, 6.45) is 1.60. The number of para-hydroxylation sites is 1. The number of amides is 2. The van der Waals surface area contributed by atoms with Crippen LogP contribution in [0.3, 0.4) is 0 Å². The Morgan fingerprint density at radius 1 is 1.08 bits per heavy atom. The quantitative estimate of drug-likeness (QED) is 0.748. The Morgan fingerprint density at radius 2 is 1.79 bits per heavy atom. The monoisotopic (exact) mass is 359 g/mol. The Hall–Kier alpha value is -2.44. The maximum Gasteiger partial charge on any atom is 0.298 e. The standard InChI is InChI=1S/C17H10ClNO4S/c18-12-8-14-13(22-9-23-14)6-10(12)7-15-16(20)19(17(21)24-15)11-4-2-1-3-5-11/h1-8H,9H2/b15-7+. The lowest BCUT2D eigenvalue weighted by atomic mass is 10.1. The fraction of sp³-hybridized carbons (Fsp3) is 0.0588. The van der Waals surface area contributed by atoms with Crippen LogP contribution in [-0.4, -0.2) is 17.9 Å². The molecule has 0 bridgehead atoms. The van der Waals surface area contributed by atoms with E-state index in [9.17, 15) is 9.59 Å². The van der Waals surface area contributed by atoms with Crippen LogP contribution >= 0.6 is 23.4 Å². The first-order chi connectivity index (χ1) is 11.6. The number of nitrogens with zero attached hydrogens (tertiary/aromatic N) is 1. The lowest BCUT2D eigenvalue weighted by Crippen LogP contribution is -2.27. The van der Waals surface area contributed by atoms with Gasteiger partial charge < -0.3 is 9.47 Å². The lowest BCUT2D eigenvalue weighted by Gasteiger charge is -2.11. The van der Waals surface area contributed by atoms with Crippen LogP contribution in [0, 0.1) is 0 Å². The molecule has 2 aromatic carbocycles. The third-order valence-electron chi connectivity index (χ3n) is 3.59. The molecule has 2 amide bonds. The third-order valence-corrected chi connectivity index (χ3v) is 4.78. The number of halogens is 1. The first-order valence-electron chi connectivity index (χ1n) is 7.05. The second-order valence-electron chi connectivity index (χ2n) is 5.08. The Bertz CT molecular complexity index is 882. The number of carbonyl (C=O) groups excluding carboxylic acids is 2. The summed E-state index contributed by atoms with van der Waals surface area (Å²) in [6, 6.07) is 12.1. The van der Waals surface area contributed by atoms with Crippen LogP contribution in [0.5, 0.6) is 11.5 Å². The smallest absolute Gasteiger partial charge is 0.298 e. The third kappa shape index (κ3) is 2.53. The zero-order chi connectivity index (χ0) is 16.7. The molecule has 0 aromatic heterocycles. The Labute approximate surface area is 146 Å². The van der Waals surface area contributed by atoms with Gasteiger partial charge in [0, 0.05) is 6.07 Å². The van der Waals surface area contributed by atoms with Crippen molar-refractivity contribution in [1.82, 2.24) is 0 Å². The van der Waals surface area contributed by atoms with Crippen molar-refractivity contribution >= 4 is 46.3 Å². The molecule has 7 heteroatoms. The molecule has 0 N–H and O–H groups in total. The van der Waals surface area contributed by atoms with Crippen molar-refractivity contribution in [1.29, 1.82) is 0 Å². The summed E-state index contributed by atoms with van der Waals surface area (Å²) in [7, 11) is 0. The molecule has 1 fully saturated rings. The van der Waals surface area contributed by atoms with Crippen molar-refractivity contribution < 1.29 is 19.1 Å². The first kappa shape index (κ1) is 15.1. The molecule has 0 saturated carbocycles. The van der Waals surface area contributed by atoms with E-state index in [1.165, 1.54) is 0 Å². The van der Waals surface area contributed by atoms with E-state index in [0.29, 0.717) is 32.7 Å². The molecule has 2 aliphatic rings. The van der Waals surface area contributed by atoms with Crippen LogP contribution in [0.4, 0.5) is 10.5 Å². The Morgan fingerprint density at radius 3 is 2.54 bits per heavy atom. The number of anilines is 1. The molecule has 0 radical (unpaired) electrons. The zero-order valence-corrected chi connectivity index (χ0v) is 13.8. The van der Waals surface area contributed by atoms with Crippen LogP contribution in [0.1, 0.15) is 5.56 Å². The van der Waals surface area contributed by atoms with E-state index in [0.717, 1.165) is 16.7 Å². The fourth-order valence-electron chi connectivity index (χ4n) is 2.45. The minimum absolute atomic E-state index is 0.139. The molecule has 0 atom stereocenters. The molecule has 2 heterocycles. The summed E-state index contributed by atoms with van der Waals surface area (Å²) in [5.74, 6) is 0.757. The highest BCUT2D eigenvalue weighted by Crippen LogP contribution is 2.40. The van der Waals surface area contributed by atoms with E-state index in [2.05, 4.69) is 0 Å². The maximum absolute atomic E-state index is 12.6. The van der Waals surface area contributed by atoms with Crippen molar-refractivity contribution in [3.05, 3.63) is 58.0 Å². The first-order valence-corrected chi connectivity index (χ1v) is 8.25. The van der Waals surface area contributed by atoms with Crippen molar-refractivity contribution in [2.45, 2.75) is 0 Å². The predicted molar refractivity (Wildman–Crippen MR) is 92.5 cm³/mol. The molecule has 0 unspecified atom stereocenters. The highest BCUT2D eigenvalue weighted by Gasteiger charge is 2.36. The van der Waals surface area contributed by atoms with Gasteiger partial charge in [-0.25, -0.2) is 4.90 Å². The van der Waals surface area contributed by atoms with Crippen LogP contribution < -0.4 is 14.4 Å². The number of thioether (sulfide) groups is 1. The molecule has 0 aliphatic carbocycles. The van der Waals surface area contributed by atoms with Crippen molar-refractivity contribution in [2.75, 3.05) is 11.7 Å². The second-order valence-corrected chi connectivity index (χ2v) is 6.48. The van der Waals surface area contributed by atoms with Gasteiger partial charge in [-0.3, -0.25) is 9.59 Å². The number of benzene rings is 2. The van der Waals surface area contributed by atoms with Gasteiger partial charge in [0.2, 0.25) is 6.79 Å². The summed E-state index contributed by atoms with van der Waals surface area (Å²) < 4.78 is 10.6. The predicted octanol–water partition coefficient (Wildman–Crippen LogP) is 4.31. The van der Waals surface area contributed by atoms with Crippen molar-refractivity contribution in [3.8, 4) is 11.5 Å².